The molecule has 1 aromatic carbocycles. The van der Waals surface area contributed by atoms with Crippen molar-refractivity contribution in [2.45, 2.75) is 25.4 Å². The third kappa shape index (κ3) is 3.37. The third-order valence-electron chi connectivity index (χ3n) is 3.76. The van der Waals surface area contributed by atoms with Crippen LogP contribution in [0, 0.1) is 0 Å². The SMILES string of the molecule is COc1ccc(-n2cnnn2)cc1CN[C@H]1CCCNC1. The van der Waals surface area contributed by atoms with Crippen molar-refractivity contribution >= 4 is 0 Å². The van der Waals surface area contributed by atoms with Crippen molar-refractivity contribution in [3.8, 4) is 11.4 Å². The maximum atomic E-state index is 5.44. The predicted octanol–water partition coefficient (Wildman–Crippen LogP) is 0.512. The minimum atomic E-state index is 0.514. The summed E-state index contributed by atoms with van der Waals surface area (Å²) in [4.78, 5) is 0. The highest BCUT2D eigenvalue weighted by Crippen LogP contribution is 2.21. The lowest BCUT2D eigenvalue weighted by atomic mass is 10.1. The van der Waals surface area contributed by atoms with Gasteiger partial charge in [0.05, 0.1) is 12.8 Å². The molecule has 0 aliphatic carbocycles. The third-order valence-corrected chi connectivity index (χ3v) is 3.76. The van der Waals surface area contributed by atoms with Gasteiger partial charge >= 0.3 is 0 Å². The highest BCUT2D eigenvalue weighted by Gasteiger charge is 2.13. The number of rotatable bonds is 5. The van der Waals surface area contributed by atoms with Crippen LogP contribution in [-0.4, -0.2) is 46.4 Å². The molecule has 1 aromatic heterocycles. The van der Waals surface area contributed by atoms with Crippen molar-refractivity contribution in [3.63, 3.8) is 0 Å². The van der Waals surface area contributed by atoms with Crippen molar-refractivity contribution in [1.82, 2.24) is 30.8 Å². The number of nitrogens with zero attached hydrogens (tertiary/aromatic N) is 4. The molecule has 7 heteroatoms. The highest BCUT2D eigenvalue weighted by molar-refractivity contribution is 5.43. The highest BCUT2D eigenvalue weighted by atomic mass is 16.5. The van der Waals surface area contributed by atoms with Crippen molar-refractivity contribution < 1.29 is 4.74 Å². The standard InChI is InChI=1S/C14H20N6O/c1-21-14-5-4-13(20-10-17-18-19-20)7-11(14)8-16-12-3-2-6-15-9-12/h4-5,7,10,12,15-16H,2-3,6,8-9H2,1H3/t12-/m0/s1. The number of piperidine rings is 1. The van der Waals surface area contributed by atoms with E-state index in [1.165, 1.54) is 12.8 Å². The average molecular weight is 288 g/mol. The van der Waals surface area contributed by atoms with E-state index in [1.54, 1.807) is 18.1 Å². The summed E-state index contributed by atoms with van der Waals surface area (Å²) in [5, 5.41) is 18.2. The minimum Gasteiger partial charge on any atom is -0.496 e. The maximum Gasteiger partial charge on any atom is 0.143 e. The molecule has 2 heterocycles. The Hall–Kier alpha value is -1.99. The number of hydrogen-bond acceptors (Lipinski definition) is 6. The second kappa shape index (κ2) is 6.64. The summed E-state index contributed by atoms with van der Waals surface area (Å²) in [6.45, 7) is 2.91. The van der Waals surface area contributed by atoms with Gasteiger partial charge in [0.1, 0.15) is 12.1 Å². The molecule has 3 rings (SSSR count). The molecule has 0 saturated carbocycles. The Bertz CT molecular complexity index is 565. The van der Waals surface area contributed by atoms with Crippen LogP contribution in [0.3, 0.4) is 0 Å². The molecule has 0 bridgehead atoms. The van der Waals surface area contributed by atoms with Crippen LogP contribution in [0.2, 0.25) is 0 Å². The van der Waals surface area contributed by atoms with Crippen LogP contribution in [0.25, 0.3) is 5.69 Å². The number of hydrogen-bond donors (Lipinski definition) is 2. The summed E-state index contributed by atoms with van der Waals surface area (Å²) < 4.78 is 7.08. The number of ether oxygens (including phenoxy) is 1. The molecular formula is C14H20N6O. The molecule has 0 amide bonds. The fourth-order valence-electron chi connectivity index (χ4n) is 2.61. The fourth-order valence-corrected chi connectivity index (χ4v) is 2.61. The molecule has 2 aromatic rings. The van der Waals surface area contributed by atoms with Crippen molar-refractivity contribution in [2.75, 3.05) is 20.2 Å². The van der Waals surface area contributed by atoms with Crippen LogP contribution >= 0.6 is 0 Å². The lowest BCUT2D eigenvalue weighted by Gasteiger charge is -2.24. The van der Waals surface area contributed by atoms with Gasteiger partial charge in [0.2, 0.25) is 0 Å². The van der Waals surface area contributed by atoms with Gasteiger partial charge in [0.25, 0.3) is 0 Å². The zero-order valence-corrected chi connectivity index (χ0v) is 12.1. The Kier molecular flexibility index (Phi) is 4.42. The van der Waals surface area contributed by atoms with Crippen LogP contribution in [0.4, 0.5) is 0 Å². The molecule has 21 heavy (non-hydrogen) atoms. The van der Waals surface area contributed by atoms with Crippen molar-refractivity contribution in [2.24, 2.45) is 0 Å². The van der Waals surface area contributed by atoms with E-state index >= 15 is 0 Å². The van der Waals surface area contributed by atoms with Crippen LogP contribution in [0.1, 0.15) is 18.4 Å². The molecular weight excluding hydrogens is 268 g/mol. The minimum absolute atomic E-state index is 0.514. The second-order valence-corrected chi connectivity index (χ2v) is 5.17. The van der Waals surface area contributed by atoms with E-state index < -0.39 is 0 Å². The molecule has 0 unspecified atom stereocenters. The van der Waals surface area contributed by atoms with E-state index in [-0.39, 0.29) is 0 Å². The molecule has 2 N–H and O–H groups in total. The van der Waals surface area contributed by atoms with Crippen LogP contribution in [0.15, 0.2) is 24.5 Å². The second-order valence-electron chi connectivity index (χ2n) is 5.17. The number of methoxy groups -OCH3 is 1. The van der Waals surface area contributed by atoms with E-state index in [0.717, 1.165) is 36.6 Å². The zero-order chi connectivity index (χ0) is 14.5. The Morgan fingerprint density at radius 2 is 2.43 bits per heavy atom. The van der Waals surface area contributed by atoms with Gasteiger partial charge < -0.3 is 15.4 Å². The molecule has 1 aliphatic heterocycles. The first kappa shape index (κ1) is 14.0. The average Bonchev–Trinajstić information content (AvgIpc) is 3.08. The van der Waals surface area contributed by atoms with E-state index in [4.69, 9.17) is 4.74 Å². The lowest BCUT2D eigenvalue weighted by molar-refractivity contribution is 0.378. The van der Waals surface area contributed by atoms with Gasteiger partial charge in [0.15, 0.2) is 0 Å². The van der Waals surface area contributed by atoms with Gasteiger partial charge in [-0.2, -0.15) is 0 Å². The Morgan fingerprint density at radius 1 is 1.48 bits per heavy atom. The van der Waals surface area contributed by atoms with Crippen LogP contribution < -0.4 is 15.4 Å². The Labute approximate surface area is 123 Å². The van der Waals surface area contributed by atoms with Gasteiger partial charge in [-0.25, -0.2) is 4.68 Å². The van der Waals surface area contributed by atoms with E-state index in [2.05, 4.69) is 32.2 Å². The summed E-state index contributed by atoms with van der Waals surface area (Å²) in [5.41, 5.74) is 2.04. The lowest BCUT2D eigenvalue weighted by Crippen LogP contribution is -2.42. The molecule has 0 radical (unpaired) electrons. The van der Waals surface area contributed by atoms with Gasteiger partial charge in [0, 0.05) is 24.7 Å². The van der Waals surface area contributed by atoms with E-state index in [0.29, 0.717) is 6.04 Å². The molecule has 1 fully saturated rings. The molecule has 112 valence electrons. The summed E-state index contributed by atoms with van der Waals surface area (Å²) >= 11 is 0. The monoisotopic (exact) mass is 288 g/mol. The smallest absolute Gasteiger partial charge is 0.143 e. The summed E-state index contributed by atoms with van der Waals surface area (Å²) in [6.07, 6.45) is 4.02. The van der Waals surface area contributed by atoms with Crippen LogP contribution in [-0.2, 0) is 6.54 Å². The first-order valence-electron chi connectivity index (χ1n) is 7.21. The molecule has 1 atom stereocenters. The quantitative estimate of drug-likeness (QED) is 0.835. The first-order valence-corrected chi connectivity index (χ1v) is 7.21. The van der Waals surface area contributed by atoms with E-state index in [1.807, 2.05) is 12.1 Å². The van der Waals surface area contributed by atoms with Gasteiger partial charge in [-0.3, -0.25) is 0 Å². The summed E-state index contributed by atoms with van der Waals surface area (Å²) in [6, 6.07) is 6.46. The predicted molar refractivity (Wildman–Crippen MR) is 78.4 cm³/mol. The number of benzene rings is 1. The summed E-state index contributed by atoms with van der Waals surface area (Å²) in [5.74, 6) is 0.878. The van der Waals surface area contributed by atoms with Crippen molar-refractivity contribution in [1.29, 1.82) is 0 Å². The van der Waals surface area contributed by atoms with Gasteiger partial charge in [-0.15, -0.1) is 5.10 Å². The molecule has 0 spiro atoms. The largest absolute Gasteiger partial charge is 0.496 e. The number of aromatic nitrogens is 4. The zero-order valence-electron chi connectivity index (χ0n) is 12.1. The Balaban J connectivity index is 1.73. The molecule has 1 aliphatic rings. The first-order chi connectivity index (χ1) is 10.4. The van der Waals surface area contributed by atoms with Gasteiger partial charge in [-0.05, 0) is 48.0 Å². The molecule has 1 saturated heterocycles. The van der Waals surface area contributed by atoms with Crippen molar-refractivity contribution in [3.05, 3.63) is 30.1 Å². The normalized spacial score (nSPS) is 18.6. The maximum absolute atomic E-state index is 5.44. The fraction of sp³-hybridized carbons (Fsp3) is 0.500. The number of nitrogens with one attached hydrogen (secondary N) is 2. The molecule has 7 nitrogen and oxygen atoms in total. The Morgan fingerprint density at radius 3 is 3.14 bits per heavy atom. The number of tetrazole rings is 1. The van der Waals surface area contributed by atoms with E-state index in [9.17, 15) is 0 Å². The van der Waals surface area contributed by atoms with Gasteiger partial charge in [-0.1, -0.05) is 0 Å². The summed E-state index contributed by atoms with van der Waals surface area (Å²) in [7, 11) is 1.69. The van der Waals surface area contributed by atoms with Crippen LogP contribution in [0.5, 0.6) is 5.75 Å². The topological polar surface area (TPSA) is 76.9 Å².